The van der Waals surface area contributed by atoms with E-state index in [1.807, 2.05) is 25.1 Å². The van der Waals surface area contributed by atoms with Crippen LogP contribution in [0.4, 0.5) is 10.1 Å². The number of benzene rings is 2. The molecule has 2 aromatic carbocycles. The molecular formula is C23H23FN6O3S. The molecule has 0 atom stereocenters. The van der Waals surface area contributed by atoms with Crippen molar-refractivity contribution in [1.82, 2.24) is 24.8 Å². The van der Waals surface area contributed by atoms with Gasteiger partial charge in [-0.25, -0.2) is 27.2 Å². The van der Waals surface area contributed by atoms with Crippen LogP contribution in [0.1, 0.15) is 15.9 Å². The smallest absolute Gasteiger partial charge is 0.257 e. The summed E-state index contributed by atoms with van der Waals surface area (Å²) in [5.74, 6) is -0.667. The highest BCUT2D eigenvalue weighted by Crippen LogP contribution is 2.27. The first-order valence-corrected chi connectivity index (χ1v) is 11.8. The molecule has 2 heterocycles. The number of aromatic nitrogens is 3. The maximum absolute atomic E-state index is 13.4. The minimum Gasteiger partial charge on any atom is -0.378 e. The number of carbonyl (C=O) groups is 1. The molecule has 2 aromatic heterocycles. The van der Waals surface area contributed by atoms with Crippen molar-refractivity contribution in [3.8, 4) is 5.69 Å². The molecule has 34 heavy (non-hydrogen) atoms. The quantitative estimate of drug-likeness (QED) is 0.419. The number of hydrogen-bond acceptors (Lipinski definition) is 6. The molecule has 0 saturated heterocycles. The summed E-state index contributed by atoms with van der Waals surface area (Å²) in [7, 11) is 1.42. The van der Waals surface area contributed by atoms with Crippen molar-refractivity contribution in [2.45, 2.75) is 11.6 Å². The van der Waals surface area contributed by atoms with Gasteiger partial charge in [0.2, 0.25) is 0 Å². The molecule has 0 radical (unpaired) electrons. The lowest BCUT2D eigenvalue weighted by molar-refractivity contribution is 0.0952. The molecule has 1 amide bonds. The number of fused-ring (bicyclic) bond motifs is 1. The standard InChI is InChI=1S/C23H23FN6O3S/c1-25-34(32,33)22-9-4-15(12-26-22)13-27-23(31)19-10-18(29(2)3)11-21-20(19)14-28-30(21)17-7-5-16(24)6-8-17/h4-12,14,25H,13H2,1-3H3,(H,27,31). The van der Waals surface area contributed by atoms with Crippen LogP contribution in [0.3, 0.4) is 0 Å². The van der Waals surface area contributed by atoms with Crippen LogP contribution >= 0.6 is 0 Å². The van der Waals surface area contributed by atoms with Gasteiger partial charge >= 0.3 is 0 Å². The number of anilines is 1. The summed E-state index contributed by atoms with van der Waals surface area (Å²) in [5.41, 5.74) is 3.24. The van der Waals surface area contributed by atoms with E-state index in [-0.39, 0.29) is 23.3 Å². The van der Waals surface area contributed by atoms with Crippen LogP contribution in [0.2, 0.25) is 0 Å². The molecular weight excluding hydrogens is 459 g/mol. The van der Waals surface area contributed by atoms with E-state index in [2.05, 4.69) is 20.1 Å². The fourth-order valence-electron chi connectivity index (χ4n) is 3.40. The second kappa shape index (κ2) is 9.20. The van der Waals surface area contributed by atoms with E-state index >= 15 is 0 Å². The molecule has 11 heteroatoms. The fourth-order valence-corrected chi connectivity index (χ4v) is 4.05. The van der Waals surface area contributed by atoms with Gasteiger partial charge in [0, 0.05) is 37.9 Å². The summed E-state index contributed by atoms with van der Waals surface area (Å²) < 4.78 is 40.9. The molecule has 0 spiro atoms. The minimum absolute atomic E-state index is 0.0984. The van der Waals surface area contributed by atoms with Crippen LogP contribution in [0.15, 0.2) is 66.0 Å². The third-order valence-electron chi connectivity index (χ3n) is 5.30. The zero-order valence-corrected chi connectivity index (χ0v) is 19.6. The minimum atomic E-state index is -3.63. The number of nitrogens with zero attached hydrogens (tertiary/aromatic N) is 4. The van der Waals surface area contributed by atoms with E-state index in [4.69, 9.17) is 0 Å². The number of sulfonamides is 1. The van der Waals surface area contributed by atoms with E-state index in [1.165, 1.54) is 31.4 Å². The molecule has 4 aromatic rings. The molecule has 4 rings (SSSR count). The highest BCUT2D eigenvalue weighted by Gasteiger charge is 2.18. The molecule has 0 aliphatic heterocycles. The van der Waals surface area contributed by atoms with Crippen LogP contribution < -0.4 is 14.9 Å². The van der Waals surface area contributed by atoms with Gasteiger partial charge in [0.1, 0.15) is 5.82 Å². The highest BCUT2D eigenvalue weighted by atomic mass is 32.2. The topological polar surface area (TPSA) is 109 Å². The van der Waals surface area contributed by atoms with Crippen LogP contribution in [-0.2, 0) is 16.6 Å². The van der Waals surface area contributed by atoms with Crippen LogP contribution in [-0.4, -0.2) is 50.2 Å². The summed E-state index contributed by atoms with van der Waals surface area (Å²) >= 11 is 0. The third-order valence-corrected chi connectivity index (χ3v) is 6.63. The Kier molecular flexibility index (Phi) is 6.31. The van der Waals surface area contributed by atoms with Crippen molar-refractivity contribution in [2.24, 2.45) is 0 Å². The summed E-state index contributed by atoms with van der Waals surface area (Å²) in [6.45, 7) is 0.158. The van der Waals surface area contributed by atoms with Gasteiger partial charge in [0.15, 0.2) is 5.03 Å². The Morgan fingerprint density at radius 3 is 2.44 bits per heavy atom. The zero-order valence-electron chi connectivity index (χ0n) is 18.8. The maximum Gasteiger partial charge on any atom is 0.257 e. The lowest BCUT2D eigenvalue weighted by Gasteiger charge is -2.16. The predicted octanol–water partition coefficient (Wildman–Crippen LogP) is 2.46. The van der Waals surface area contributed by atoms with Gasteiger partial charge in [-0.1, -0.05) is 6.07 Å². The lowest BCUT2D eigenvalue weighted by Crippen LogP contribution is -2.24. The molecule has 0 unspecified atom stereocenters. The Hall–Kier alpha value is -3.83. The number of pyridine rings is 1. The monoisotopic (exact) mass is 482 g/mol. The normalized spacial score (nSPS) is 11.5. The largest absolute Gasteiger partial charge is 0.378 e. The summed E-state index contributed by atoms with van der Waals surface area (Å²) in [5, 5.41) is 7.82. The molecule has 0 bridgehead atoms. The van der Waals surface area contributed by atoms with Crippen molar-refractivity contribution in [2.75, 3.05) is 26.0 Å². The Labute approximate surface area is 196 Å². The average Bonchev–Trinajstić information content (AvgIpc) is 3.26. The molecule has 176 valence electrons. The number of halogens is 1. The Bertz CT molecular complexity index is 1450. The van der Waals surface area contributed by atoms with Crippen molar-refractivity contribution in [3.63, 3.8) is 0 Å². The van der Waals surface area contributed by atoms with E-state index < -0.39 is 10.0 Å². The van der Waals surface area contributed by atoms with Crippen LogP contribution in [0.25, 0.3) is 16.6 Å². The Balaban J connectivity index is 1.64. The van der Waals surface area contributed by atoms with Crippen molar-refractivity contribution >= 4 is 32.5 Å². The molecule has 9 nitrogen and oxygen atoms in total. The maximum atomic E-state index is 13.4. The Morgan fingerprint density at radius 2 is 1.82 bits per heavy atom. The van der Waals surface area contributed by atoms with Gasteiger partial charge in [-0.3, -0.25) is 4.79 Å². The van der Waals surface area contributed by atoms with Gasteiger partial charge in [-0.15, -0.1) is 0 Å². The van der Waals surface area contributed by atoms with Crippen LogP contribution in [0, 0.1) is 5.82 Å². The lowest BCUT2D eigenvalue weighted by atomic mass is 10.1. The van der Waals surface area contributed by atoms with Gasteiger partial charge in [0.05, 0.1) is 23.0 Å². The third kappa shape index (κ3) is 4.61. The van der Waals surface area contributed by atoms with Gasteiger partial charge < -0.3 is 10.2 Å². The van der Waals surface area contributed by atoms with E-state index in [9.17, 15) is 17.6 Å². The number of amides is 1. The fraction of sp³-hybridized carbons (Fsp3) is 0.174. The summed E-state index contributed by atoms with van der Waals surface area (Å²) in [4.78, 5) is 19.0. The molecule has 0 aliphatic rings. The molecule has 2 N–H and O–H groups in total. The van der Waals surface area contributed by atoms with E-state index in [0.717, 1.165) is 5.69 Å². The summed E-state index contributed by atoms with van der Waals surface area (Å²) in [6.07, 6.45) is 3.01. The molecule has 0 fully saturated rings. The Morgan fingerprint density at radius 1 is 1.09 bits per heavy atom. The summed E-state index contributed by atoms with van der Waals surface area (Å²) in [6, 6.07) is 12.6. The van der Waals surface area contributed by atoms with Crippen molar-refractivity contribution in [1.29, 1.82) is 0 Å². The van der Waals surface area contributed by atoms with E-state index in [0.29, 0.717) is 27.7 Å². The first-order chi connectivity index (χ1) is 16.2. The van der Waals surface area contributed by atoms with Crippen LogP contribution in [0.5, 0.6) is 0 Å². The molecule has 0 saturated carbocycles. The number of carbonyl (C=O) groups excluding carboxylic acids is 1. The zero-order chi connectivity index (χ0) is 24.5. The number of rotatable bonds is 7. The number of hydrogen-bond donors (Lipinski definition) is 2. The highest BCUT2D eigenvalue weighted by molar-refractivity contribution is 7.89. The van der Waals surface area contributed by atoms with Crippen molar-refractivity contribution in [3.05, 3.63) is 77.9 Å². The SMILES string of the molecule is CNS(=O)(=O)c1ccc(CNC(=O)c2cc(N(C)C)cc3c2cnn3-c2ccc(F)cc2)cn1. The second-order valence-electron chi connectivity index (χ2n) is 7.75. The first-order valence-electron chi connectivity index (χ1n) is 10.3. The second-order valence-corrected chi connectivity index (χ2v) is 9.58. The van der Waals surface area contributed by atoms with Gasteiger partial charge in [-0.05, 0) is 55.1 Å². The van der Waals surface area contributed by atoms with E-state index in [1.54, 1.807) is 35.1 Å². The average molecular weight is 483 g/mol. The first kappa shape index (κ1) is 23.3. The van der Waals surface area contributed by atoms with Gasteiger partial charge in [-0.2, -0.15) is 5.10 Å². The molecule has 0 aliphatic carbocycles. The van der Waals surface area contributed by atoms with Crippen molar-refractivity contribution < 1.29 is 17.6 Å². The predicted molar refractivity (Wildman–Crippen MR) is 127 cm³/mol. The number of nitrogens with one attached hydrogen (secondary N) is 2. The van der Waals surface area contributed by atoms with Gasteiger partial charge in [0.25, 0.3) is 15.9 Å².